The first kappa shape index (κ1) is 27.7. The van der Waals surface area contributed by atoms with Crippen molar-refractivity contribution in [2.75, 3.05) is 0 Å². The molecule has 211 valence electrons. The zero-order valence-corrected chi connectivity index (χ0v) is 26.0. The molecule has 0 bridgehead atoms. The number of pyridine rings is 2. The van der Waals surface area contributed by atoms with Crippen LogP contribution in [0.2, 0.25) is 0 Å². The molecule has 0 saturated heterocycles. The molecular formula is C40H25IrN3-2. The summed E-state index contributed by atoms with van der Waals surface area (Å²) < 4.78 is 2.38. The summed E-state index contributed by atoms with van der Waals surface area (Å²) in [6, 6.07) is 54.7. The van der Waals surface area contributed by atoms with E-state index in [2.05, 4.69) is 117 Å². The Morgan fingerprint density at radius 2 is 1.27 bits per heavy atom. The van der Waals surface area contributed by atoms with Gasteiger partial charge < -0.3 is 9.38 Å². The molecule has 3 nitrogen and oxygen atoms in total. The second-order valence-corrected chi connectivity index (χ2v) is 10.5. The van der Waals surface area contributed by atoms with Crippen LogP contribution in [0.4, 0.5) is 0 Å². The standard InChI is InChI=1S/C29H17N2.C11H8N.Ir/c1-2-7-19(8-3-1)20-15-16-30-26(18-20)21-13-14-28-25(17-21)24-11-6-10-23-22-9-4-5-12-27(22)31(28)29(23)24;1-2-6-10(7-3-1)11-8-4-5-9-12-11;/h1-16,18H;1-6,8-9H;/q2*-1;. The summed E-state index contributed by atoms with van der Waals surface area (Å²) in [4.78, 5) is 8.88. The number of para-hydroxylation sites is 2. The van der Waals surface area contributed by atoms with Gasteiger partial charge in [0.15, 0.2) is 0 Å². The molecule has 0 aliphatic rings. The van der Waals surface area contributed by atoms with Crippen LogP contribution in [-0.4, -0.2) is 14.4 Å². The predicted molar refractivity (Wildman–Crippen MR) is 177 cm³/mol. The fraction of sp³-hybridized carbons (Fsp3) is 0. The molecule has 0 amide bonds. The van der Waals surface area contributed by atoms with Gasteiger partial charge in [-0.05, 0) is 40.5 Å². The van der Waals surface area contributed by atoms with Crippen LogP contribution in [0.15, 0.2) is 152 Å². The van der Waals surface area contributed by atoms with Gasteiger partial charge in [-0.2, -0.15) is 0 Å². The molecule has 44 heavy (non-hydrogen) atoms. The molecule has 0 aliphatic carbocycles. The zero-order chi connectivity index (χ0) is 28.6. The summed E-state index contributed by atoms with van der Waals surface area (Å²) in [5, 5.41) is 4.98. The number of rotatable bonds is 3. The molecule has 0 aliphatic heterocycles. The van der Waals surface area contributed by atoms with Crippen molar-refractivity contribution in [3.63, 3.8) is 0 Å². The molecule has 0 N–H and O–H groups in total. The van der Waals surface area contributed by atoms with Crippen molar-refractivity contribution in [1.82, 2.24) is 14.4 Å². The topological polar surface area (TPSA) is 30.2 Å². The van der Waals surface area contributed by atoms with E-state index >= 15 is 0 Å². The first-order chi connectivity index (χ1) is 21.3. The molecule has 0 saturated carbocycles. The Balaban J connectivity index is 0.000000203. The number of benzene rings is 5. The fourth-order valence-electron chi connectivity index (χ4n) is 5.96. The van der Waals surface area contributed by atoms with Gasteiger partial charge in [0.05, 0.1) is 0 Å². The van der Waals surface area contributed by atoms with E-state index in [-0.39, 0.29) is 20.1 Å². The van der Waals surface area contributed by atoms with E-state index in [1.807, 2.05) is 54.7 Å². The van der Waals surface area contributed by atoms with Crippen LogP contribution >= 0.6 is 0 Å². The SMILES string of the molecule is [Ir].[c-]1c(-c2cc(-c3ccccc3)ccn2)ccc2c1c1cccc3c4ccccc4n2c13.[c-]1ccccc1-c1ccccn1. The first-order valence-corrected chi connectivity index (χ1v) is 14.3. The van der Waals surface area contributed by atoms with Gasteiger partial charge in [-0.3, -0.25) is 4.98 Å². The van der Waals surface area contributed by atoms with Gasteiger partial charge in [-0.1, -0.05) is 101 Å². The normalized spacial score (nSPS) is 11.0. The third-order valence-corrected chi connectivity index (χ3v) is 7.92. The molecule has 4 heterocycles. The average Bonchev–Trinajstić information content (AvgIpc) is 3.62. The van der Waals surface area contributed by atoms with Crippen molar-refractivity contribution >= 4 is 38.1 Å². The van der Waals surface area contributed by atoms with Crippen molar-refractivity contribution in [1.29, 1.82) is 0 Å². The molecule has 4 aromatic heterocycles. The minimum atomic E-state index is 0. The van der Waals surface area contributed by atoms with E-state index in [9.17, 15) is 0 Å². The predicted octanol–water partition coefficient (Wildman–Crippen LogP) is 9.91. The van der Waals surface area contributed by atoms with E-state index in [1.165, 1.54) is 43.8 Å². The molecule has 9 rings (SSSR count). The second kappa shape index (κ2) is 11.9. The van der Waals surface area contributed by atoms with Gasteiger partial charge in [0.25, 0.3) is 0 Å². The molecular weight excluding hydrogens is 715 g/mol. The Hall–Kier alpha value is -5.15. The van der Waals surface area contributed by atoms with Crippen LogP contribution in [0.25, 0.3) is 71.7 Å². The third-order valence-electron chi connectivity index (χ3n) is 7.92. The maximum Gasteiger partial charge on any atom is 0.0463 e. The third kappa shape index (κ3) is 4.85. The largest absolute Gasteiger partial charge is 0.348 e. The van der Waals surface area contributed by atoms with Crippen molar-refractivity contribution in [2.24, 2.45) is 0 Å². The average molecular weight is 740 g/mol. The van der Waals surface area contributed by atoms with Gasteiger partial charge in [-0.25, -0.2) is 0 Å². The van der Waals surface area contributed by atoms with Crippen molar-refractivity contribution in [3.8, 4) is 33.6 Å². The number of aromatic nitrogens is 3. The molecule has 0 unspecified atom stereocenters. The van der Waals surface area contributed by atoms with Crippen LogP contribution < -0.4 is 0 Å². The minimum absolute atomic E-state index is 0. The molecule has 4 heteroatoms. The van der Waals surface area contributed by atoms with Crippen LogP contribution in [-0.2, 0) is 20.1 Å². The Morgan fingerprint density at radius 1 is 0.500 bits per heavy atom. The van der Waals surface area contributed by atoms with Crippen molar-refractivity contribution in [2.45, 2.75) is 0 Å². The molecule has 0 spiro atoms. The summed E-state index contributed by atoms with van der Waals surface area (Å²) in [6.45, 7) is 0. The van der Waals surface area contributed by atoms with Gasteiger partial charge in [0, 0.05) is 60.0 Å². The fourth-order valence-corrected chi connectivity index (χ4v) is 5.96. The van der Waals surface area contributed by atoms with Crippen LogP contribution in [0.5, 0.6) is 0 Å². The van der Waals surface area contributed by atoms with Crippen LogP contribution in [0.1, 0.15) is 0 Å². The summed E-state index contributed by atoms with van der Waals surface area (Å²) in [5.41, 5.74) is 10.0. The summed E-state index contributed by atoms with van der Waals surface area (Å²) >= 11 is 0. The number of hydrogen-bond acceptors (Lipinski definition) is 2. The van der Waals surface area contributed by atoms with E-state index < -0.39 is 0 Å². The molecule has 0 atom stereocenters. The van der Waals surface area contributed by atoms with Gasteiger partial charge in [0.1, 0.15) is 0 Å². The monoisotopic (exact) mass is 740 g/mol. The summed E-state index contributed by atoms with van der Waals surface area (Å²) in [7, 11) is 0. The van der Waals surface area contributed by atoms with Crippen LogP contribution in [0, 0.1) is 12.1 Å². The molecule has 0 fully saturated rings. The quantitative estimate of drug-likeness (QED) is 0.169. The van der Waals surface area contributed by atoms with Crippen LogP contribution in [0.3, 0.4) is 0 Å². The molecule has 9 aromatic rings. The second-order valence-electron chi connectivity index (χ2n) is 10.5. The van der Waals surface area contributed by atoms with Crippen molar-refractivity contribution in [3.05, 3.63) is 164 Å². The Kier molecular flexibility index (Phi) is 7.45. The van der Waals surface area contributed by atoms with E-state index in [0.29, 0.717) is 0 Å². The first-order valence-electron chi connectivity index (χ1n) is 14.3. The van der Waals surface area contributed by atoms with E-state index in [1.54, 1.807) is 6.20 Å². The number of nitrogens with zero attached hydrogens (tertiary/aromatic N) is 3. The van der Waals surface area contributed by atoms with Gasteiger partial charge in [-0.15, -0.1) is 54.1 Å². The minimum Gasteiger partial charge on any atom is -0.348 e. The Labute approximate surface area is 269 Å². The smallest absolute Gasteiger partial charge is 0.0463 e. The Morgan fingerprint density at radius 3 is 2.11 bits per heavy atom. The van der Waals surface area contributed by atoms with E-state index in [4.69, 9.17) is 0 Å². The maximum atomic E-state index is 4.66. The summed E-state index contributed by atoms with van der Waals surface area (Å²) in [6.07, 6.45) is 3.67. The maximum absolute atomic E-state index is 4.66. The number of hydrogen-bond donors (Lipinski definition) is 0. The van der Waals surface area contributed by atoms with Gasteiger partial charge in [0.2, 0.25) is 0 Å². The number of fused-ring (bicyclic) bond motifs is 6. The zero-order valence-electron chi connectivity index (χ0n) is 23.6. The van der Waals surface area contributed by atoms with Gasteiger partial charge >= 0.3 is 0 Å². The van der Waals surface area contributed by atoms with Crippen molar-refractivity contribution < 1.29 is 20.1 Å². The molecule has 5 aromatic carbocycles. The summed E-state index contributed by atoms with van der Waals surface area (Å²) in [5.74, 6) is 0. The molecule has 1 radical (unpaired) electrons. The van der Waals surface area contributed by atoms with E-state index in [0.717, 1.165) is 27.9 Å². The Bertz CT molecular complexity index is 2290.